The van der Waals surface area contributed by atoms with E-state index in [1.165, 1.54) is 55.9 Å². The molecule has 0 saturated carbocycles. The van der Waals surface area contributed by atoms with Gasteiger partial charge in [-0.3, -0.25) is 0 Å². The van der Waals surface area contributed by atoms with Crippen LogP contribution in [0.1, 0.15) is 38.9 Å². The second kappa shape index (κ2) is 13.2. The summed E-state index contributed by atoms with van der Waals surface area (Å²) >= 11 is 0. The molecule has 0 fully saturated rings. The Kier molecular flexibility index (Phi) is 8.91. The van der Waals surface area contributed by atoms with Gasteiger partial charge in [0.05, 0.1) is 7.11 Å². The van der Waals surface area contributed by atoms with E-state index in [0.717, 1.165) is 34.1 Å². The molecule has 0 aliphatic carbocycles. The Labute approximate surface area is 280 Å². The van der Waals surface area contributed by atoms with E-state index in [-0.39, 0.29) is 0 Å². The van der Waals surface area contributed by atoms with Crippen LogP contribution in [-0.2, 0) is 0 Å². The van der Waals surface area contributed by atoms with Gasteiger partial charge in [0.15, 0.2) is 0 Å². The molecule has 6 rings (SSSR count). The summed E-state index contributed by atoms with van der Waals surface area (Å²) in [5.41, 5.74) is 18.0. The maximum Gasteiger partial charge on any atom is 0.122 e. The minimum Gasteiger partial charge on any atom is -0.496 e. The summed E-state index contributed by atoms with van der Waals surface area (Å²) in [7, 11) is 1.74. The SMILES string of the molecule is COc1ccc(N(c2ccc(-c3ccc(N(c4cccc(C)c4)c4cccc(C)c4C)cc3)cc2)c2cccc(C)c2C)c(C)c1C. The largest absolute Gasteiger partial charge is 0.496 e. The zero-order valence-electron chi connectivity index (χ0n) is 28.8. The Morgan fingerprint density at radius 1 is 0.404 bits per heavy atom. The van der Waals surface area contributed by atoms with Crippen molar-refractivity contribution in [3.8, 4) is 16.9 Å². The van der Waals surface area contributed by atoms with E-state index in [1.807, 2.05) is 0 Å². The molecule has 3 heteroatoms. The molecule has 47 heavy (non-hydrogen) atoms. The minimum absolute atomic E-state index is 0.907. The van der Waals surface area contributed by atoms with Crippen molar-refractivity contribution < 1.29 is 4.74 Å². The van der Waals surface area contributed by atoms with Crippen molar-refractivity contribution in [1.82, 2.24) is 0 Å². The van der Waals surface area contributed by atoms with Gasteiger partial charge in [-0.2, -0.15) is 0 Å². The number of rotatable bonds is 8. The average molecular weight is 617 g/mol. The zero-order chi connectivity index (χ0) is 33.2. The molecule has 0 amide bonds. The second-order valence-electron chi connectivity index (χ2n) is 12.6. The van der Waals surface area contributed by atoms with Gasteiger partial charge in [-0.15, -0.1) is 0 Å². The van der Waals surface area contributed by atoms with Crippen LogP contribution in [0.25, 0.3) is 11.1 Å². The van der Waals surface area contributed by atoms with Gasteiger partial charge in [0.25, 0.3) is 0 Å². The molecule has 3 nitrogen and oxygen atoms in total. The lowest BCUT2D eigenvalue weighted by Gasteiger charge is -2.30. The molecular formula is C44H44N2O. The van der Waals surface area contributed by atoms with Gasteiger partial charge in [0.1, 0.15) is 5.75 Å². The molecule has 6 aromatic rings. The van der Waals surface area contributed by atoms with Crippen molar-refractivity contribution in [3.05, 3.63) is 160 Å². The van der Waals surface area contributed by atoms with E-state index >= 15 is 0 Å². The van der Waals surface area contributed by atoms with Gasteiger partial charge in [-0.25, -0.2) is 0 Å². The van der Waals surface area contributed by atoms with Gasteiger partial charge in [0.2, 0.25) is 0 Å². The third-order valence-corrected chi connectivity index (χ3v) is 9.65. The first-order valence-corrected chi connectivity index (χ1v) is 16.3. The maximum atomic E-state index is 5.65. The first-order valence-electron chi connectivity index (χ1n) is 16.3. The van der Waals surface area contributed by atoms with E-state index in [1.54, 1.807) is 7.11 Å². The van der Waals surface area contributed by atoms with Crippen LogP contribution in [0.3, 0.4) is 0 Å². The fourth-order valence-corrected chi connectivity index (χ4v) is 6.41. The number of methoxy groups -OCH3 is 1. The highest BCUT2D eigenvalue weighted by molar-refractivity contribution is 5.84. The quantitative estimate of drug-likeness (QED) is 0.169. The van der Waals surface area contributed by atoms with Gasteiger partial charge in [-0.05, 0) is 159 Å². The van der Waals surface area contributed by atoms with Crippen LogP contribution in [0.15, 0.2) is 121 Å². The Bertz CT molecular complexity index is 2040. The number of aryl methyl sites for hydroxylation is 3. The smallest absolute Gasteiger partial charge is 0.122 e. The van der Waals surface area contributed by atoms with Crippen molar-refractivity contribution in [2.75, 3.05) is 16.9 Å². The summed E-state index contributed by atoms with van der Waals surface area (Å²) in [4.78, 5) is 4.74. The fourth-order valence-electron chi connectivity index (χ4n) is 6.41. The Morgan fingerprint density at radius 2 is 0.894 bits per heavy atom. The average Bonchev–Trinajstić information content (AvgIpc) is 3.08. The van der Waals surface area contributed by atoms with E-state index < -0.39 is 0 Å². The lowest BCUT2D eigenvalue weighted by atomic mass is 10.0. The molecule has 0 aromatic heterocycles. The third-order valence-electron chi connectivity index (χ3n) is 9.65. The van der Waals surface area contributed by atoms with Crippen molar-refractivity contribution in [3.63, 3.8) is 0 Å². The highest BCUT2D eigenvalue weighted by Gasteiger charge is 2.20. The summed E-state index contributed by atoms with van der Waals surface area (Å²) in [5.74, 6) is 0.907. The highest BCUT2D eigenvalue weighted by Crippen LogP contribution is 2.43. The van der Waals surface area contributed by atoms with Crippen molar-refractivity contribution in [1.29, 1.82) is 0 Å². The molecule has 236 valence electrons. The van der Waals surface area contributed by atoms with Crippen molar-refractivity contribution >= 4 is 34.1 Å². The number of anilines is 6. The van der Waals surface area contributed by atoms with E-state index in [9.17, 15) is 0 Å². The molecule has 0 aliphatic rings. The number of hydrogen-bond acceptors (Lipinski definition) is 3. The molecule has 0 unspecified atom stereocenters. The first-order chi connectivity index (χ1) is 22.7. The molecule has 0 radical (unpaired) electrons. The molecule has 0 spiro atoms. The van der Waals surface area contributed by atoms with Crippen molar-refractivity contribution in [2.24, 2.45) is 0 Å². The summed E-state index contributed by atoms with van der Waals surface area (Å²) < 4.78 is 5.65. The van der Waals surface area contributed by atoms with Crippen LogP contribution < -0.4 is 14.5 Å². The molecule has 0 heterocycles. The maximum absolute atomic E-state index is 5.65. The first kappa shape index (κ1) is 31.7. The third kappa shape index (κ3) is 6.14. The predicted molar refractivity (Wildman–Crippen MR) is 201 cm³/mol. The number of ether oxygens (including phenoxy) is 1. The Hall–Kier alpha value is -5.28. The molecular weight excluding hydrogens is 572 g/mol. The van der Waals surface area contributed by atoms with Gasteiger partial charge in [0, 0.05) is 34.1 Å². The number of benzene rings is 6. The molecule has 0 bridgehead atoms. The molecule has 0 aliphatic heterocycles. The molecule has 0 N–H and O–H groups in total. The monoisotopic (exact) mass is 616 g/mol. The standard InChI is InChI=1S/C44H44N2O/c1-29-12-9-15-40(28-29)45(41-16-10-13-30(2)32(41)4)38-22-18-36(19-23-38)37-20-24-39(25-21-37)46(42-17-11-14-31(3)33(42)5)43-26-27-44(47-8)35(7)34(43)6/h9-28H,1-8H3. The topological polar surface area (TPSA) is 15.7 Å². The Morgan fingerprint density at radius 3 is 1.43 bits per heavy atom. The molecule has 0 saturated heterocycles. The Balaban J connectivity index is 1.38. The van der Waals surface area contributed by atoms with Crippen LogP contribution in [0.4, 0.5) is 34.1 Å². The van der Waals surface area contributed by atoms with Crippen LogP contribution in [0.2, 0.25) is 0 Å². The highest BCUT2D eigenvalue weighted by atomic mass is 16.5. The van der Waals surface area contributed by atoms with Crippen LogP contribution in [0.5, 0.6) is 5.75 Å². The lowest BCUT2D eigenvalue weighted by Crippen LogP contribution is -2.14. The van der Waals surface area contributed by atoms with Crippen LogP contribution in [-0.4, -0.2) is 7.11 Å². The normalized spacial score (nSPS) is 11.0. The minimum atomic E-state index is 0.907. The second-order valence-corrected chi connectivity index (χ2v) is 12.6. The summed E-state index contributed by atoms with van der Waals surface area (Å²) in [5, 5.41) is 0. The number of hydrogen-bond donors (Lipinski definition) is 0. The van der Waals surface area contributed by atoms with E-state index in [4.69, 9.17) is 4.74 Å². The molecule has 0 atom stereocenters. The molecule has 6 aromatic carbocycles. The summed E-state index contributed by atoms with van der Waals surface area (Å²) in [6.45, 7) is 15.2. The zero-order valence-corrected chi connectivity index (χ0v) is 28.8. The predicted octanol–water partition coefficient (Wildman–Crippen LogP) is 12.5. The lowest BCUT2D eigenvalue weighted by molar-refractivity contribution is 0.411. The van der Waals surface area contributed by atoms with Crippen LogP contribution >= 0.6 is 0 Å². The summed E-state index contributed by atoms with van der Waals surface area (Å²) in [6.07, 6.45) is 0. The van der Waals surface area contributed by atoms with Gasteiger partial charge >= 0.3 is 0 Å². The van der Waals surface area contributed by atoms with Crippen LogP contribution in [0, 0.1) is 48.5 Å². The van der Waals surface area contributed by atoms with Gasteiger partial charge < -0.3 is 14.5 Å². The number of nitrogens with zero attached hydrogens (tertiary/aromatic N) is 2. The van der Waals surface area contributed by atoms with E-state index in [0.29, 0.717) is 0 Å². The van der Waals surface area contributed by atoms with Gasteiger partial charge in [-0.1, -0.05) is 60.7 Å². The van der Waals surface area contributed by atoms with Crippen molar-refractivity contribution in [2.45, 2.75) is 48.5 Å². The summed E-state index contributed by atoms with van der Waals surface area (Å²) in [6, 6.07) is 43.9. The fraction of sp³-hybridized carbons (Fsp3) is 0.182. The van der Waals surface area contributed by atoms with E-state index in [2.05, 4.69) is 180 Å².